The molecule has 0 fully saturated rings. The molecule has 0 radical (unpaired) electrons. The van der Waals surface area contributed by atoms with Crippen LogP contribution in [0, 0.1) is 0 Å². The second-order valence-corrected chi connectivity index (χ2v) is 6.07. The number of carbonyl (C=O) groups excluding carboxylic acids is 2. The van der Waals surface area contributed by atoms with Gasteiger partial charge in [-0.1, -0.05) is 65.1 Å². The van der Waals surface area contributed by atoms with Gasteiger partial charge in [0.05, 0.1) is 10.7 Å². The van der Waals surface area contributed by atoms with Crippen molar-refractivity contribution in [1.29, 1.82) is 0 Å². The van der Waals surface area contributed by atoms with Crippen LogP contribution in [0.1, 0.15) is 16.1 Å². The van der Waals surface area contributed by atoms with Gasteiger partial charge in [-0.2, -0.15) is 0 Å². The van der Waals surface area contributed by atoms with E-state index in [1.54, 1.807) is 0 Å². The molecule has 1 heterocycles. The number of hydrogen-bond acceptors (Lipinski definition) is 5. The van der Waals surface area contributed by atoms with Crippen LogP contribution in [0.2, 0.25) is 15.2 Å². The Morgan fingerprint density at radius 1 is 1.12 bits per heavy atom. The molecule has 1 aromatic heterocycles. The van der Waals surface area contributed by atoms with E-state index in [1.165, 1.54) is 0 Å². The van der Waals surface area contributed by atoms with E-state index < -0.39 is 18.5 Å². The SMILES string of the molecule is Nc1c(Cl)c(Cl)nc(C(=O)OCC(=O)NCCc2ccccc2)c1Cl. The zero-order valence-corrected chi connectivity index (χ0v) is 15.2. The molecule has 0 saturated carbocycles. The van der Waals surface area contributed by atoms with E-state index in [0.717, 1.165) is 5.56 Å². The minimum absolute atomic E-state index is 0.0538. The monoisotopic (exact) mass is 401 g/mol. The fourth-order valence-electron chi connectivity index (χ4n) is 1.91. The molecular formula is C16H14Cl3N3O3. The molecule has 2 aromatic rings. The van der Waals surface area contributed by atoms with Gasteiger partial charge in [-0.3, -0.25) is 4.79 Å². The van der Waals surface area contributed by atoms with Gasteiger partial charge in [0.15, 0.2) is 17.5 Å². The summed E-state index contributed by atoms with van der Waals surface area (Å²) in [5.74, 6) is -1.37. The maximum Gasteiger partial charge on any atom is 0.359 e. The van der Waals surface area contributed by atoms with Crippen molar-refractivity contribution >= 4 is 52.4 Å². The van der Waals surface area contributed by atoms with Gasteiger partial charge in [0.2, 0.25) is 0 Å². The van der Waals surface area contributed by atoms with Gasteiger partial charge in [0.1, 0.15) is 5.02 Å². The Balaban J connectivity index is 1.84. The Labute approximate surface area is 159 Å². The normalized spacial score (nSPS) is 10.4. The molecule has 0 aliphatic heterocycles. The van der Waals surface area contributed by atoms with Crippen molar-refractivity contribution in [3.05, 3.63) is 56.8 Å². The van der Waals surface area contributed by atoms with Crippen molar-refractivity contribution in [3.8, 4) is 0 Å². The van der Waals surface area contributed by atoms with Crippen LogP contribution in [-0.2, 0) is 16.0 Å². The Kier molecular flexibility index (Phi) is 6.87. The second kappa shape index (κ2) is 8.89. The van der Waals surface area contributed by atoms with Crippen LogP contribution in [0.4, 0.5) is 5.69 Å². The largest absolute Gasteiger partial charge is 0.451 e. The summed E-state index contributed by atoms with van der Waals surface area (Å²) in [5, 5.41) is 2.23. The van der Waals surface area contributed by atoms with E-state index in [0.29, 0.717) is 13.0 Å². The molecule has 0 aliphatic carbocycles. The van der Waals surface area contributed by atoms with E-state index in [4.69, 9.17) is 45.3 Å². The molecule has 0 spiro atoms. The summed E-state index contributed by atoms with van der Waals surface area (Å²) >= 11 is 17.4. The number of ether oxygens (including phenoxy) is 1. The predicted molar refractivity (Wildman–Crippen MR) is 97.1 cm³/mol. The third-order valence-electron chi connectivity index (χ3n) is 3.18. The molecule has 0 saturated heterocycles. The van der Waals surface area contributed by atoms with Crippen molar-refractivity contribution < 1.29 is 14.3 Å². The summed E-state index contributed by atoms with van der Waals surface area (Å²) in [6.07, 6.45) is 0.664. The number of esters is 1. The topological polar surface area (TPSA) is 94.3 Å². The third kappa shape index (κ3) is 5.22. The zero-order valence-electron chi connectivity index (χ0n) is 12.9. The number of nitrogens with zero attached hydrogens (tertiary/aromatic N) is 1. The molecule has 25 heavy (non-hydrogen) atoms. The minimum atomic E-state index is -0.923. The number of rotatable bonds is 6. The summed E-state index contributed by atoms with van der Waals surface area (Å²) in [6, 6.07) is 9.65. The molecule has 3 N–H and O–H groups in total. The number of carbonyl (C=O) groups is 2. The first-order valence-corrected chi connectivity index (χ1v) is 8.31. The second-order valence-electron chi connectivity index (χ2n) is 4.95. The van der Waals surface area contributed by atoms with E-state index in [9.17, 15) is 9.59 Å². The highest BCUT2D eigenvalue weighted by atomic mass is 35.5. The van der Waals surface area contributed by atoms with E-state index >= 15 is 0 Å². The molecule has 0 bridgehead atoms. The van der Waals surface area contributed by atoms with Gasteiger partial charge in [-0.05, 0) is 12.0 Å². The summed E-state index contributed by atoms with van der Waals surface area (Å²) in [7, 11) is 0. The smallest absolute Gasteiger partial charge is 0.359 e. The highest BCUT2D eigenvalue weighted by Crippen LogP contribution is 2.34. The number of hydrogen-bond donors (Lipinski definition) is 2. The number of amides is 1. The first-order chi connectivity index (χ1) is 11.9. The van der Waals surface area contributed by atoms with Crippen molar-refractivity contribution in [2.75, 3.05) is 18.9 Å². The van der Waals surface area contributed by atoms with Crippen LogP contribution in [0.3, 0.4) is 0 Å². The average molecular weight is 403 g/mol. The Bertz CT molecular complexity index is 785. The zero-order chi connectivity index (χ0) is 18.4. The number of nitrogens with two attached hydrogens (primary N) is 1. The number of nitrogens with one attached hydrogen (secondary N) is 1. The number of benzene rings is 1. The lowest BCUT2D eigenvalue weighted by Gasteiger charge is -2.09. The first-order valence-electron chi connectivity index (χ1n) is 7.18. The van der Waals surface area contributed by atoms with E-state index in [-0.39, 0.29) is 26.6 Å². The van der Waals surface area contributed by atoms with Crippen LogP contribution >= 0.6 is 34.8 Å². The van der Waals surface area contributed by atoms with Crippen LogP contribution in [0.25, 0.3) is 0 Å². The van der Waals surface area contributed by atoms with Crippen LogP contribution in [0.5, 0.6) is 0 Å². The molecule has 132 valence electrons. The van der Waals surface area contributed by atoms with E-state index in [2.05, 4.69) is 10.3 Å². The van der Waals surface area contributed by atoms with Crippen LogP contribution in [-0.4, -0.2) is 30.0 Å². The van der Waals surface area contributed by atoms with Crippen LogP contribution in [0.15, 0.2) is 30.3 Å². The van der Waals surface area contributed by atoms with Crippen molar-refractivity contribution in [2.24, 2.45) is 0 Å². The highest BCUT2D eigenvalue weighted by molar-refractivity contribution is 6.46. The average Bonchev–Trinajstić information content (AvgIpc) is 2.62. The van der Waals surface area contributed by atoms with Gasteiger partial charge >= 0.3 is 5.97 Å². The van der Waals surface area contributed by atoms with E-state index in [1.807, 2.05) is 30.3 Å². The number of halogens is 3. The fourth-order valence-corrected chi connectivity index (χ4v) is 2.49. The lowest BCUT2D eigenvalue weighted by atomic mass is 10.1. The highest BCUT2D eigenvalue weighted by Gasteiger charge is 2.21. The van der Waals surface area contributed by atoms with Crippen molar-refractivity contribution in [1.82, 2.24) is 10.3 Å². The van der Waals surface area contributed by atoms with Gasteiger partial charge in [0, 0.05) is 6.54 Å². The number of pyridine rings is 1. The maximum absolute atomic E-state index is 12.0. The summed E-state index contributed by atoms with van der Waals surface area (Å²) in [4.78, 5) is 27.4. The molecule has 0 unspecified atom stereocenters. The molecule has 9 heteroatoms. The number of aromatic nitrogens is 1. The van der Waals surface area contributed by atoms with Crippen LogP contribution < -0.4 is 11.1 Å². The molecule has 6 nitrogen and oxygen atoms in total. The van der Waals surface area contributed by atoms with Gasteiger partial charge in [0.25, 0.3) is 5.91 Å². The van der Waals surface area contributed by atoms with Crippen molar-refractivity contribution in [3.63, 3.8) is 0 Å². The lowest BCUT2D eigenvalue weighted by molar-refractivity contribution is -0.124. The molecular weight excluding hydrogens is 389 g/mol. The quantitative estimate of drug-likeness (QED) is 0.572. The minimum Gasteiger partial charge on any atom is -0.451 e. The summed E-state index contributed by atoms with van der Waals surface area (Å²) in [5.41, 5.74) is 6.33. The Morgan fingerprint density at radius 2 is 1.80 bits per heavy atom. The standard InChI is InChI=1S/C16H14Cl3N3O3/c17-11-13(20)12(18)15(19)22-14(11)16(24)25-8-10(23)21-7-6-9-4-2-1-3-5-9/h1-5H,6-8H2,(H2,20,22)(H,21,23). The first kappa shape index (κ1) is 19.3. The van der Waals surface area contributed by atoms with Gasteiger partial charge in [-0.25, -0.2) is 9.78 Å². The number of nitrogen functional groups attached to an aromatic ring is 1. The predicted octanol–water partition coefficient (Wildman–Crippen LogP) is 3.14. The molecule has 0 aliphatic rings. The van der Waals surface area contributed by atoms with Gasteiger partial charge in [-0.15, -0.1) is 0 Å². The third-order valence-corrected chi connectivity index (χ3v) is 4.31. The molecule has 1 aromatic carbocycles. The number of anilines is 1. The van der Waals surface area contributed by atoms with Gasteiger partial charge < -0.3 is 15.8 Å². The Morgan fingerprint density at radius 3 is 2.48 bits per heavy atom. The summed E-state index contributed by atoms with van der Waals surface area (Å²) in [6.45, 7) is -0.0646. The Hall–Kier alpha value is -2.02. The maximum atomic E-state index is 12.0. The lowest BCUT2D eigenvalue weighted by Crippen LogP contribution is -2.30. The fraction of sp³-hybridized carbons (Fsp3) is 0.188. The molecule has 1 amide bonds. The molecule has 2 rings (SSSR count). The summed E-state index contributed by atoms with van der Waals surface area (Å²) < 4.78 is 4.87. The molecule has 0 atom stereocenters. The van der Waals surface area contributed by atoms with Crippen molar-refractivity contribution in [2.45, 2.75) is 6.42 Å².